The Bertz CT molecular complexity index is 404. The summed E-state index contributed by atoms with van der Waals surface area (Å²) < 4.78 is 39.5. The molecule has 0 atom stereocenters. The number of hydrogen-bond acceptors (Lipinski definition) is 3. The van der Waals surface area contributed by atoms with E-state index >= 15 is 0 Å². The minimum Gasteiger partial charge on any atom is -0.406 e. The molecule has 2 N–H and O–H groups in total. The highest BCUT2D eigenvalue weighted by Crippen LogP contribution is 2.23. The van der Waals surface area contributed by atoms with Crippen molar-refractivity contribution in [3.8, 4) is 5.75 Å². The smallest absolute Gasteiger partial charge is 0.406 e. The molecule has 1 amide bonds. The van der Waals surface area contributed by atoms with Gasteiger partial charge in [0.2, 0.25) is 5.91 Å². The first-order valence-electron chi connectivity index (χ1n) is 5.71. The largest absolute Gasteiger partial charge is 0.573 e. The molecule has 0 fully saturated rings. The molecule has 1 aromatic rings. The van der Waals surface area contributed by atoms with E-state index in [-0.39, 0.29) is 11.7 Å². The zero-order valence-corrected chi connectivity index (χ0v) is 10.4. The second kappa shape index (κ2) is 6.86. The average molecular weight is 276 g/mol. The third kappa shape index (κ3) is 6.54. The summed E-state index contributed by atoms with van der Waals surface area (Å²) in [6.07, 6.45) is -3.64. The van der Waals surface area contributed by atoms with Gasteiger partial charge in [0.15, 0.2) is 0 Å². The molecule has 0 unspecified atom stereocenters. The van der Waals surface area contributed by atoms with Gasteiger partial charge in [-0.1, -0.05) is 0 Å². The lowest BCUT2D eigenvalue weighted by Gasteiger charge is -2.10. The number of carbonyl (C=O) groups excluding carboxylic acids is 1. The molecule has 19 heavy (non-hydrogen) atoms. The van der Waals surface area contributed by atoms with Gasteiger partial charge in [0, 0.05) is 25.7 Å². The van der Waals surface area contributed by atoms with Crippen LogP contribution in [0.2, 0.25) is 0 Å². The van der Waals surface area contributed by atoms with Crippen molar-refractivity contribution in [3.05, 3.63) is 24.3 Å². The SMILES string of the molecule is CNC(=O)CCCNc1ccc(OC(F)(F)F)cc1. The van der Waals surface area contributed by atoms with Crippen molar-refractivity contribution in [1.29, 1.82) is 0 Å². The number of ether oxygens (including phenoxy) is 1. The van der Waals surface area contributed by atoms with E-state index in [1.165, 1.54) is 24.3 Å². The average Bonchev–Trinajstić information content (AvgIpc) is 2.34. The van der Waals surface area contributed by atoms with Crippen molar-refractivity contribution in [2.24, 2.45) is 0 Å². The molecule has 0 aromatic heterocycles. The van der Waals surface area contributed by atoms with E-state index in [9.17, 15) is 18.0 Å². The number of alkyl halides is 3. The van der Waals surface area contributed by atoms with Crippen molar-refractivity contribution in [2.45, 2.75) is 19.2 Å². The summed E-state index contributed by atoms with van der Waals surface area (Å²) in [6, 6.07) is 5.44. The Morgan fingerprint density at radius 1 is 1.26 bits per heavy atom. The molecule has 0 aliphatic heterocycles. The van der Waals surface area contributed by atoms with Gasteiger partial charge in [-0.2, -0.15) is 0 Å². The van der Waals surface area contributed by atoms with Crippen LogP contribution in [0.5, 0.6) is 5.75 Å². The fourth-order valence-corrected chi connectivity index (χ4v) is 1.38. The molecule has 0 radical (unpaired) electrons. The van der Waals surface area contributed by atoms with Gasteiger partial charge >= 0.3 is 6.36 Å². The monoisotopic (exact) mass is 276 g/mol. The number of benzene rings is 1. The van der Waals surface area contributed by atoms with Crippen LogP contribution in [-0.2, 0) is 4.79 Å². The van der Waals surface area contributed by atoms with Crippen LogP contribution in [0.25, 0.3) is 0 Å². The van der Waals surface area contributed by atoms with Crippen LogP contribution < -0.4 is 15.4 Å². The summed E-state index contributed by atoms with van der Waals surface area (Å²) >= 11 is 0. The number of carbonyl (C=O) groups is 1. The Morgan fingerprint density at radius 3 is 2.42 bits per heavy atom. The zero-order chi connectivity index (χ0) is 14.3. The summed E-state index contributed by atoms with van der Waals surface area (Å²) in [7, 11) is 1.56. The second-order valence-electron chi connectivity index (χ2n) is 3.78. The fraction of sp³-hybridized carbons (Fsp3) is 0.417. The number of nitrogens with one attached hydrogen (secondary N) is 2. The standard InChI is InChI=1S/C12H15F3N2O2/c1-16-11(18)3-2-8-17-9-4-6-10(7-5-9)19-12(13,14)15/h4-7,17H,2-3,8H2,1H3,(H,16,18). The quantitative estimate of drug-likeness (QED) is 0.785. The van der Waals surface area contributed by atoms with Gasteiger partial charge in [-0.15, -0.1) is 13.2 Å². The van der Waals surface area contributed by atoms with Crippen LogP contribution in [0.4, 0.5) is 18.9 Å². The molecule has 106 valence electrons. The lowest BCUT2D eigenvalue weighted by molar-refractivity contribution is -0.274. The van der Waals surface area contributed by atoms with Crippen LogP contribution in [0.3, 0.4) is 0 Å². The van der Waals surface area contributed by atoms with Crippen molar-refractivity contribution in [2.75, 3.05) is 18.9 Å². The van der Waals surface area contributed by atoms with Crippen LogP contribution in [0.15, 0.2) is 24.3 Å². The molecule has 0 saturated carbocycles. The summed E-state index contributed by atoms with van der Waals surface area (Å²) in [5.41, 5.74) is 0.673. The first-order chi connectivity index (χ1) is 8.90. The molecule has 0 spiro atoms. The summed E-state index contributed by atoms with van der Waals surface area (Å²) in [5, 5.41) is 5.50. The van der Waals surface area contributed by atoms with Crippen LogP contribution in [0.1, 0.15) is 12.8 Å². The number of anilines is 1. The van der Waals surface area contributed by atoms with Crippen molar-refractivity contribution in [3.63, 3.8) is 0 Å². The predicted molar refractivity (Wildman–Crippen MR) is 64.9 cm³/mol. The van der Waals surface area contributed by atoms with E-state index in [0.29, 0.717) is 25.1 Å². The molecule has 1 rings (SSSR count). The number of halogens is 3. The van der Waals surface area contributed by atoms with Gasteiger partial charge in [-0.3, -0.25) is 4.79 Å². The maximum Gasteiger partial charge on any atom is 0.573 e. The molecule has 7 heteroatoms. The van der Waals surface area contributed by atoms with Crippen molar-refractivity contribution >= 4 is 11.6 Å². The van der Waals surface area contributed by atoms with E-state index in [1.54, 1.807) is 7.05 Å². The van der Waals surface area contributed by atoms with E-state index < -0.39 is 6.36 Å². The minimum absolute atomic E-state index is 0.0456. The van der Waals surface area contributed by atoms with Crippen molar-refractivity contribution in [1.82, 2.24) is 5.32 Å². The first kappa shape index (κ1) is 15.1. The van der Waals surface area contributed by atoms with Gasteiger partial charge in [0.25, 0.3) is 0 Å². The molecule has 0 heterocycles. The Hall–Kier alpha value is -1.92. The normalized spacial score (nSPS) is 10.9. The Morgan fingerprint density at radius 2 is 1.89 bits per heavy atom. The number of hydrogen-bond donors (Lipinski definition) is 2. The summed E-state index contributed by atoms with van der Waals surface area (Å²) in [5.74, 6) is -0.306. The highest BCUT2D eigenvalue weighted by molar-refractivity contribution is 5.75. The molecular formula is C12H15F3N2O2. The fourth-order valence-electron chi connectivity index (χ4n) is 1.38. The van der Waals surface area contributed by atoms with Crippen LogP contribution >= 0.6 is 0 Å². The second-order valence-corrected chi connectivity index (χ2v) is 3.78. The van der Waals surface area contributed by atoms with Gasteiger partial charge in [0.05, 0.1) is 0 Å². The van der Waals surface area contributed by atoms with Gasteiger partial charge in [0.1, 0.15) is 5.75 Å². The predicted octanol–water partition coefficient (Wildman–Crippen LogP) is 2.52. The Kier molecular flexibility index (Phi) is 5.47. The van der Waals surface area contributed by atoms with E-state index in [2.05, 4.69) is 15.4 Å². The summed E-state index contributed by atoms with van der Waals surface area (Å²) in [6.45, 7) is 0.562. The lowest BCUT2D eigenvalue weighted by Crippen LogP contribution is -2.18. The van der Waals surface area contributed by atoms with Gasteiger partial charge in [-0.25, -0.2) is 0 Å². The first-order valence-corrected chi connectivity index (χ1v) is 5.71. The highest BCUT2D eigenvalue weighted by Gasteiger charge is 2.30. The number of rotatable bonds is 6. The number of amides is 1. The van der Waals surface area contributed by atoms with Gasteiger partial charge in [-0.05, 0) is 30.7 Å². The third-order valence-electron chi connectivity index (χ3n) is 2.28. The summed E-state index contributed by atoms with van der Waals surface area (Å²) in [4.78, 5) is 10.9. The topological polar surface area (TPSA) is 50.4 Å². The van der Waals surface area contributed by atoms with Crippen LogP contribution in [0, 0.1) is 0 Å². The lowest BCUT2D eigenvalue weighted by atomic mass is 10.2. The maximum absolute atomic E-state index is 11.9. The molecule has 0 saturated heterocycles. The Balaban J connectivity index is 2.34. The Labute approximate surface area is 108 Å². The third-order valence-corrected chi connectivity index (χ3v) is 2.28. The molecule has 1 aromatic carbocycles. The minimum atomic E-state index is -4.68. The van der Waals surface area contributed by atoms with Crippen LogP contribution in [-0.4, -0.2) is 25.9 Å². The van der Waals surface area contributed by atoms with Crippen molar-refractivity contribution < 1.29 is 22.7 Å². The van der Waals surface area contributed by atoms with E-state index in [4.69, 9.17) is 0 Å². The maximum atomic E-state index is 11.9. The van der Waals surface area contributed by atoms with E-state index in [1.807, 2.05) is 0 Å². The van der Waals surface area contributed by atoms with E-state index in [0.717, 1.165) is 0 Å². The molecule has 4 nitrogen and oxygen atoms in total. The molecule has 0 bridgehead atoms. The molecular weight excluding hydrogens is 261 g/mol. The zero-order valence-electron chi connectivity index (χ0n) is 10.4. The highest BCUT2D eigenvalue weighted by atomic mass is 19.4. The molecule has 0 aliphatic carbocycles. The van der Waals surface area contributed by atoms with Gasteiger partial charge < -0.3 is 15.4 Å². The molecule has 0 aliphatic rings.